The SMILES string of the molecule is CNCc1cc(CN(CCOC)C(C)C2CC2)c(C)o1. The minimum Gasteiger partial charge on any atom is -0.465 e. The second kappa shape index (κ2) is 7.25. The van der Waals surface area contributed by atoms with E-state index in [2.05, 4.69) is 30.1 Å². The van der Waals surface area contributed by atoms with Crippen molar-refractivity contribution in [3.8, 4) is 0 Å². The molecule has 1 atom stereocenters. The lowest BCUT2D eigenvalue weighted by Gasteiger charge is -2.28. The molecule has 1 fully saturated rings. The lowest BCUT2D eigenvalue weighted by atomic mass is 10.1. The van der Waals surface area contributed by atoms with Crippen LogP contribution in [0.4, 0.5) is 0 Å². The maximum atomic E-state index is 5.80. The van der Waals surface area contributed by atoms with E-state index in [-0.39, 0.29) is 0 Å². The Labute approximate surface area is 122 Å². The Bertz CT molecular complexity index is 413. The molecule has 1 aliphatic carbocycles. The Morgan fingerprint density at radius 3 is 2.85 bits per heavy atom. The summed E-state index contributed by atoms with van der Waals surface area (Å²) in [5, 5.41) is 3.14. The van der Waals surface area contributed by atoms with Crippen LogP contribution in [0.25, 0.3) is 0 Å². The third-order valence-electron chi connectivity index (χ3n) is 4.26. The number of hydrogen-bond acceptors (Lipinski definition) is 4. The molecule has 0 bridgehead atoms. The predicted molar refractivity (Wildman–Crippen MR) is 80.7 cm³/mol. The van der Waals surface area contributed by atoms with E-state index in [1.54, 1.807) is 7.11 Å². The van der Waals surface area contributed by atoms with Crippen molar-refractivity contribution < 1.29 is 9.15 Å². The Balaban J connectivity index is 2.01. The minimum absolute atomic E-state index is 0.632. The van der Waals surface area contributed by atoms with E-state index in [1.165, 1.54) is 18.4 Å². The highest BCUT2D eigenvalue weighted by Gasteiger charge is 2.32. The van der Waals surface area contributed by atoms with Crippen LogP contribution in [0.15, 0.2) is 10.5 Å². The standard InChI is InChI=1S/C16H28N2O2/c1-12(14-5-6-14)18(7-8-19-4)11-15-9-16(10-17-3)20-13(15)2/h9,12,14,17H,5-8,10-11H2,1-4H3. The maximum Gasteiger partial charge on any atom is 0.118 e. The van der Waals surface area contributed by atoms with Gasteiger partial charge in [0.05, 0.1) is 13.2 Å². The first-order valence-electron chi connectivity index (χ1n) is 7.61. The first kappa shape index (κ1) is 15.5. The first-order valence-corrected chi connectivity index (χ1v) is 7.61. The minimum atomic E-state index is 0.632. The predicted octanol–water partition coefficient (Wildman–Crippen LogP) is 2.55. The molecule has 1 heterocycles. The van der Waals surface area contributed by atoms with Crippen molar-refractivity contribution in [3.05, 3.63) is 23.2 Å². The molecule has 0 amide bonds. The molecular weight excluding hydrogens is 252 g/mol. The van der Waals surface area contributed by atoms with Gasteiger partial charge in [0.2, 0.25) is 0 Å². The van der Waals surface area contributed by atoms with E-state index < -0.39 is 0 Å². The van der Waals surface area contributed by atoms with Gasteiger partial charge in [-0.3, -0.25) is 4.90 Å². The summed E-state index contributed by atoms with van der Waals surface area (Å²) in [6.07, 6.45) is 2.75. The molecule has 20 heavy (non-hydrogen) atoms. The van der Waals surface area contributed by atoms with Crippen molar-refractivity contribution in [1.29, 1.82) is 0 Å². The molecule has 1 saturated carbocycles. The molecule has 1 aromatic heterocycles. The molecule has 1 N–H and O–H groups in total. The monoisotopic (exact) mass is 280 g/mol. The van der Waals surface area contributed by atoms with Crippen LogP contribution in [0.1, 0.15) is 36.8 Å². The number of methoxy groups -OCH3 is 1. The van der Waals surface area contributed by atoms with Gasteiger partial charge in [-0.2, -0.15) is 0 Å². The van der Waals surface area contributed by atoms with Gasteiger partial charge in [0, 0.05) is 31.8 Å². The van der Waals surface area contributed by atoms with Gasteiger partial charge in [-0.1, -0.05) is 0 Å². The largest absolute Gasteiger partial charge is 0.465 e. The zero-order valence-electron chi connectivity index (χ0n) is 13.2. The van der Waals surface area contributed by atoms with Crippen LogP contribution in [0.3, 0.4) is 0 Å². The number of ether oxygens (including phenoxy) is 1. The van der Waals surface area contributed by atoms with Crippen molar-refractivity contribution in [3.63, 3.8) is 0 Å². The molecule has 0 aromatic carbocycles. The summed E-state index contributed by atoms with van der Waals surface area (Å²) in [5.74, 6) is 2.93. The Morgan fingerprint density at radius 1 is 1.50 bits per heavy atom. The number of nitrogens with zero attached hydrogens (tertiary/aromatic N) is 1. The zero-order chi connectivity index (χ0) is 14.5. The molecule has 1 unspecified atom stereocenters. The summed E-state index contributed by atoms with van der Waals surface area (Å²) < 4.78 is 11.1. The lowest BCUT2D eigenvalue weighted by Crippen LogP contribution is -2.36. The fourth-order valence-corrected chi connectivity index (χ4v) is 2.74. The van der Waals surface area contributed by atoms with E-state index in [0.717, 1.165) is 43.7 Å². The number of aryl methyl sites for hydroxylation is 1. The van der Waals surface area contributed by atoms with E-state index in [0.29, 0.717) is 6.04 Å². The van der Waals surface area contributed by atoms with Crippen molar-refractivity contribution in [1.82, 2.24) is 10.2 Å². The summed E-state index contributed by atoms with van der Waals surface area (Å²) in [6.45, 7) is 7.93. The van der Waals surface area contributed by atoms with Gasteiger partial charge in [-0.05, 0) is 45.7 Å². The molecule has 1 aliphatic rings. The van der Waals surface area contributed by atoms with Crippen LogP contribution < -0.4 is 5.32 Å². The average molecular weight is 280 g/mol. The highest BCUT2D eigenvalue weighted by molar-refractivity contribution is 5.21. The molecule has 0 aliphatic heterocycles. The third kappa shape index (κ3) is 4.08. The number of rotatable bonds is 9. The molecule has 0 radical (unpaired) electrons. The lowest BCUT2D eigenvalue weighted by molar-refractivity contribution is 0.111. The summed E-state index contributed by atoms with van der Waals surface area (Å²) in [5.41, 5.74) is 1.30. The molecule has 4 nitrogen and oxygen atoms in total. The molecule has 0 saturated heterocycles. The molecule has 0 spiro atoms. The van der Waals surface area contributed by atoms with Gasteiger partial charge in [-0.25, -0.2) is 0 Å². The molecule has 1 aromatic rings. The molecule has 4 heteroatoms. The Hall–Kier alpha value is -0.840. The maximum absolute atomic E-state index is 5.80. The quantitative estimate of drug-likeness (QED) is 0.754. The van der Waals surface area contributed by atoms with Crippen molar-refractivity contribution >= 4 is 0 Å². The van der Waals surface area contributed by atoms with Crippen LogP contribution in [0.2, 0.25) is 0 Å². The zero-order valence-corrected chi connectivity index (χ0v) is 13.2. The van der Waals surface area contributed by atoms with Crippen LogP contribution in [0, 0.1) is 12.8 Å². The number of hydrogen-bond donors (Lipinski definition) is 1. The summed E-state index contributed by atoms with van der Waals surface area (Å²) in [4.78, 5) is 2.53. The normalized spacial score (nSPS) is 16.9. The van der Waals surface area contributed by atoms with Crippen LogP contribution >= 0.6 is 0 Å². The van der Waals surface area contributed by atoms with Gasteiger partial charge in [0.15, 0.2) is 0 Å². The van der Waals surface area contributed by atoms with Gasteiger partial charge in [0.1, 0.15) is 11.5 Å². The van der Waals surface area contributed by atoms with Gasteiger partial charge >= 0.3 is 0 Å². The van der Waals surface area contributed by atoms with E-state index >= 15 is 0 Å². The fourth-order valence-electron chi connectivity index (χ4n) is 2.74. The van der Waals surface area contributed by atoms with E-state index in [1.807, 2.05) is 7.05 Å². The van der Waals surface area contributed by atoms with Gasteiger partial charge in [0.25, 0.3) is 0 Å². The smallest absolute Gasteiger partial charge is 0.118 e. The van der Waals surface area contributed by atoms with Gasteiger partial charge < -0.3 is 14.5 Å². The topological polar surface area (TPSA) is 37.6 Å². The second-order valence-electron chi connectivity index (χ2n) is 5.87. The average Bonchev–Trinajstić information content (AvgIpc) is 3.21. The van der Waals surface area contributed by atoms with Gasteiger partial charge in [-0.15, -0.1) is 0 Å². The van der Waals surface area contributed by atoms with Crippen LogP contribution in [0.5, 0.6) is 0 Å². The second-order valence-corrected chi connectivity index (χ2v) is 5.87. The highest BCUT2D eigenvalue weighted by Crippen LogP contribution is 2.35. The van der Waals surface area contributed by atoms with Crippen molar-refractivity contribution in [2.24, 2.45) is 5.92 Å². The van der Waals surface area contributed by atoms with Crippen LogP contribution in [-0.4, -0.2) is 38.3 Å². The third-order valence-corrected chi connectivity index (χ3v) is 4.26. The fraction of sp³-hybridized carbons (Fsp3) is 0.750. The Morgan fingerprint density at radius 2 is 2.25 bits per heavy atom. The molecule has 114 valence electrons. The summed E-state index contributed by atoms with van der Waals surface area (Å²) in [6, 6.07) is 2.82. The van der Waals surface area contributed by atoms with Crippen molar-refractivity contribution in [2.75, 3.05) is 27.3 Å². The Kier molecular flexibility index (Phi) is 5.64. The summed E-state index contributed by atoms with van der Waals surface area (Å²) >= 11 is 0. The van der Waals surface area contributed by atoms with E-state index in [9.17, 15) is 0 Å². The summed E-state index contributed by atoms with van der Waals surface area (Å²) in [7, 11) is 3.71. The highest BCUT2D eigenvalue weighted by atomic mass is 16.5. The van der Waals surface area contributed by atoms with Crippen molar-refractivity contribution in [2.45, 2.75) is 45.8 Å². The number of furan rings is 1. The first-order chi connectivity index (χ1) is 9.65. The van der Waals surface area contributed by atoms with Crippen LogP contribution in [-0.2, 0) is 17.8 Å². The molecule has 2 rings (SSSR count). The van der Waals surface area contributed by atoms with E-state index in [4.69, 9.17) is 9.15 Å². The number of nitrogens with one attached hydrogen (secondary N) is 1. The molecular formula is C16H28N2O2.